The first-order valence-corrected chi connectivity index (χ1v) is 4.17. The first-order chi connectivity index (χ1) is 5.18. The normalized spacial score (nSPS) is 13.0. The summed E-state index contributed by atoms with van der Waals surface area (Å²) >= 11 is 1.30. The number of aliphatic hydroxyl groups excluding tert-OH is 1. The van der Waals surface area contributed by atoms with Crippen molar-refractivity contribution >= 4 is 11.8 Å². The molecule has 0 unspecified atom stereocenters. The van der Waals surface area contributed by atoms with Crippen LogP contribution in [0.3, 0.4) is 0 Å². The van der Waals surface area contributed by atoms with E-state index >= 15 is 0 Å². The summed E-state index contributed by atoms with van der Waals surface area (Å²) in [6.45, 7) is 1.67. The Morgan fingerprint density at radius 2 is 1.91 bits per heavy atom. The van der Waals surface area contributed by atoms with Crippen LogP contribution in [-0.4, -0.2) is 10.5 Å². The van der Waals surface area contributed by atoms with Gasteiger partial charge in [0.2, 0.25) is 0 Å². The molecule has 0 heterocycles. The third kappa shape index (κ3) is 2.91. The molecule has 3 heteroatoms. The van der Waals surface area contributed by atoms with Crippen molar-refractivity contribution in [2.45, 2.75) is 17.3 Å². The van der Waals surface area contributed by atoms with Crippen molar-refractivity contribution in [3.8, 4) is 0 Å². The number of benzene rings is 1. The maximum atomic E-state index is 12.4. The van der Waals surface area contributed by atoms with Crippen LogP contribution in [0.4, 0.5) is 4.39 Å². The van der Waals surface area contributed by atoms with Crippen LogP contribution in [-0.2, 0) is 0 Å². The summed E-state index contributed by atoms with van der Waals surface area (Å²) in [6, 6.07) is 6.05. The maximum absolute atomic E-state index is 12.4. The van der Waals surface area contributed by atoms with Crippen LogP contribution in [0.2, 0.25) is 0 Å². The van der Waals surface area contributed by atoms with Gasteiger partial charge in [-0.05, 0) is 31.2 Å². The summed E-state index contributed by atoms with van der Waals surface area (Å²) in [5.41, 5.74) is -0.444. The van der Waals surface area contributed by atoms with Gasteiger partial charge in [0.1, 0.15) is 11.3 Å². The Balaban J connectivity index is 2.66. The molecular weight excluding hydrogens is 163 g/mol. The lowest BCUT2D eigenvalue weighted by Crippen LogP contribution is -1.90. The molecule has 0 aliphatic heterocycles. The molecule has 0 fully saturated rings. The van der Waals surface area contributed by atoms with Gasteiger partial charge in [-0.1, -0.05) is 11.8 Å². The predicted molar refractivity (Wildman–Crippen MR) is 43.9 cm³/mol. The summed E-state index contributed by atoms with van der Waals surface area (Å²) in [5, 5.41) is 8.94. The van der Waals surface area contributed by atoms with Crippen molar-refractivity contribution in [1.82, 2.24) is 0 Å². The smallest absolute Gasteiger partial charge is 0.123 e. The number of hydrogen-bond acceptors (Lipinski definition) is 2. The molecule has 0 aliphatic rings. The van der Waals surface area contributed by atoms with E-state index in [9.17, 15) is 4.39 Å². The standard InChI is InChI=1S/C8H9FOS/c1-6(10)11-8-4-2-7(9)3-5-8/h2-6,10H,1H3/t6-/m0/s1. The highest BCUT2D eigenvalue weighted by Gasteiger charge is 1.98. The van der Waals surface area contributed by atoms with E-state index in [-0.39, 0.29) is 5.82 Å². The zero-order valence-corrected chi connectivity index (χ0v) is 6.94. The Morgan fingerprint density at radius 1 is 1.36 bits per heavy atom. The molecule has 1 nitrogen and oxygen atoms in total. The molecule has 0 saturated heterocycles. The Morgan fingerprint density at radius 3 is 2.36 bits per heavy atom. The van der Waals surface area contributed by atoms with Crippen molar-refractivity contribution in [3.05, 3.63) is 30.1 Å². The Kier molecular flexibility index (Phi) is 2.91. The summed E-state index contributed by atoms with van der Waals surface area (Å²) < 4.78 is 12.4. The highest BCUT2D eigenvalue weighted by atomic mass is 32.2. The van der Waals surface area contributed by atoms with Gasteiger partial charge < -0.3 is 5.11 Å². The summed E-state index contributed by atoms with van der Waals surface area (Å²) in [5.74, 6) is -0.250. The number of rotatable bonds is 2. The van der Waals surface area contributed by atoms with Gasteiger partial charge in [-0.15, -0.1) is 0 Å². The molecule has 0 radical (unpaired) electrons. The molecule has 1 atom stereocenters. The van der Waals surface area contributed by atoms with Gasteiger partial charge in [-0.3, -0.25) is 0 Å². The van der Waals surface area contributed by atoms with E-state index in [2.05, 4.69) is 0 Å². The molecule has 11 heavy (non-hydrogen) atoms. The van der Waals surface area contributed by atoms with Crippen LogP contribution >= 0.6 is 11.8 Å². The van der Waals surface area contributed by atoms with E-state index in [0.29, 0.717) is 0 Å². The number of aliphatic hydroxyl groups is 1. The lowest BCUT2D eigenvalue weighted by atomic mass is 10.4. The van der Waals surface area contributed by atoms with Crippen molar-refractivity contribution < 1.29 is 9.50 Å². The van der Waals surface area contributed by atoms with E-state index in [1.54, 1.807) is 19.1 Å². The van der Waals surface area contributed by atoms with E-state index in [1.807, 2.05) is 0 Å². The minimum Gasteiger partial charge on any atom is -0.382 e. The Hall–Kier alpha value is -0.540. The van der Waals surface area contributed by atoms with Gasteiger partial charge >= 0.3 is 0 Å². The molecule has 60 valence electrons. The molecule has 0 aromatic heterocycles. The van der Waals surface area contributed by atoms with Crippen molar-refractivity contribution in [1.29, 1.82) is 0 Å². The van der Waals surface area contributed by atoms with Gasteiger partial charge in [0, 0.05) is 4.90 Å². The highest BCUT2D eigenvalue weighted by molar-refractivity contribution is 7.99. The third-order valence-corrected chi connectivity index (χ3v) is 2.01. The minimum absolute atomic E-state index is 0.250. The number of halogens is 1. The number of hydrogen-bond donors (Lipinski definition) is 1. The second-order valence-electron chi connectivity index (χ2n) is 2.17. The molecule has 1 aromatic carbocycles. The van der Waals surface area contributed by atoms with E-state index < -0.39 is 5.44 Å². The number of thioether (sulfide) groups is 1. The van der Waals surface area contributed by atoms with E-state index in [4.69, 9.17) is 5.11 Å². The maximum Gasteiger partial charge on any atom is 0.123 e. The molecule has 1 N–H and O–H groups in total. The molecule has 0 spiro atoms. The van der Waals surface area contributed by atoms with Gasteiger partial charge in [0.15, 0.2) is 0 Å². The SMILES string of the molecule is C[C@@H](O)Sc1ccc(F)cc1. The summed E-state index contributed by atoms with van der Waals surface area (Å²) in [4.78, 5) is 0.876. The quantitative estimate of drug-likeness (QED) is 0.545. The topological polar surface area (TPSA) is 20.2 Å². The fourth-order valence-electron chi connectivity index (χ4n) is 0.710. The molecule has 0 saturated carbocycles. The molecular formula is C8H9FOS. The van der Waals surface area contributed by atoms with E-state index in [1.165, 1.54) is 23.9 Å². The molecule has 0 bridgehead atoms. The fourth-order valence-corrected chi connectivity index (χ4v) is 1.40. The van der Waals surface area contributed by atoms with Crippen LogP contribution < -0.4 is 0 Å². The van der Waals surface area contributed by atoms with Gasteiger partial charge in [0.05, 0.1) is 0 Å². The second-order valence-corrected chi connectivity index (χ2v) is 3.56. The molecule has 0 amide bonds. The minimum atomic E-state index is -0.444. The molecule has 1 aromatic rings. The summed E-state index contributed by atoms with van der Waals surface area (Å²) in [7, 11) is 0. The van der Waals surface area contributed by atoms with Crippen molar-refractivity contribution in [2.24, 2.45) is 0 Å². The average molecular weight is 172 g/mol. The average Bonchev–Trinajstić information content (AvgIpc) is 1.93. The van der Waals surface area contributed by atoms with Crippen LogP contribution in [0.1, 0.15) is 6.92 Å². The summed E-state index contributed by atoms with van der Waals surface area (Å²) in [6.07, 6.45) is 0. The zero-order chi connectivity index (χ0) is 8.27. The van der Waals surface area contributed by atoms with Gasteiger partial charge in [-0.25, -0.2) is 4.39 Å². The molecule has 1 rings (SSSR count). The van der Waals surface area contributed by atoms with Crippen LogP contribution in [0.15, 0.2) is 29.2 Å². The zero-order valence-electron chi connectivity index (χ0n) is 6.12. The predicted octanol–water partition coefficient (Wildman–Crippen LogP) is 2.26. The van der Waals surface area contributed by atoms with Crippen molar-refractivity contribution in [2.75, 3.05) is 0 Å². The van der Waals surface area contributed by atoms with Crippen LogP contribution in [0, 0.1) is 5.82 Å². The first kappa shape index (κ1) is 8.56. The lowest BCUT2D eigenvalue weighted by molar-refractivity contribution is 0.284. The first-order valence-electron chi connectivity index (χ1n) is 3.29. The monoisotopic (exact) mass is 172 g/mol. The molecule has 0 aliphatic carbocycles. The third-order valence-electron chi connectivity index (χ3n) is 1.12. The highest BCUT2D eigenvalue weighted by Crippen LogP contribution is 2.21. The Labute approximate surface area is 69.2 Å². The second kappa shape index (κ2) is 3.74. The van der Waals surface area contributed by atoms with Gasteiger partial charge in [0.25, 0.3) is 0 Å². The van der Waals surface area contributed by atoms with Gasteiger partial charge in [-0.2, -0.15) is 0 Å². The van der Waals surface area contributed by atoms with E-state index in [0.717, 1.165) is 4.90 Å². The Bertz CT molecular complexity index is 220. The van der Waals surface area contributed by atoms with Crippen molar-refractivity contribution in [3.63, 3.8) is 0 Å². The lowest BCUT2D eigenvalue weighted by Gasteiger charge is -2.02. The van der Waals surface area contributed by atoms with Crippen LogP contribution in [0.25, 0.3) is 0 Å². The fraction of sp³-hybridized carbons (Fsp3) is 0.250. The largest absolute Gasteiger partial charge is 0.382 e. The van der Waals surface area contributed by atoms with Crippen LogP contribution in [0.5, 0.6) is 0 Å².